The summed E-state index contributed by atoms with van der Waals surface area (Å²) in [5, 5.41) is 9.36. The molecule has 0 aliphatic heterocycles. The topological polar surface area (TPSA) is 46.2 Å². The van der Waals surface area contributed by atoms with Crippen LogP contribution in [0.15, 0.2) is 18.2 Å². The normalized spacial score (nSPS) is 12.9. The molecule has 0 radical (unpaired) electrons. The molecule has 0 saturated heterocycles. The minimum Gasteiger partial charge on any atom is -0.388 e. The van der Waals surface area contributed by atoms with Crippen LogP contribution in [-0.4, -0.2) is 11.7 Å². The van der Waals surface area contributed by atoms with Gasteiger partial charge in [-0.05, 0) is 30.7 Å². The molecule has 0 aromatic heterocycles. The lowest BCUT2D eigenvalue weighted by molar-refractivity contribution is 0.169. The van der Waals surface area contributed by atoms with Gasteiger partial charge in [-0.2, -0.15) is 0 Å². The Balaban J connectivity index is 2.87. The largest absolute Gasteiger partial charge is 0.388 e. The summed E-state index contributed by atoms with van der Waals surface area (Å²) in [6.45, 7) is 0.277. The Hall–Kier alpha value is -1.00. The Morgan fingerprint density at radius 1 is 1.23 bits per heavy atom. The van der Waals surface area contributed by atoms with Gasteiger partial charge in [-0.25, -0.2) is 8.78 Å². The molecule has 1 atom stereocenters. The van der Waals surface area contributed by atoms with Gasteiger partial charge in [0.1, 0.15) is 11.6 Å². The quantitative estimate of drug-likeness (QED) is 0.750. The zero-order valence-electron chi connectivity index (χ0n) is 7.00. The number of hydrogen-bond donors (Lipinski definition) is 2. The van der Waals surface area contributed by atoms with E-state index in [4.69, 9.17) is 5.73 Å². The Morgan fingerprint density at radius 3 is 2.23 bits per heavy atom. The van der Waals surface area contributed by atoms with E-state index in [0.29, 0.717) is 6.42 Å². The molecule has 0 amide bonds. The van der Waals surface area contributed by atoms with Crippen LogP contribution >= 0.6 is 0 Å². The fourth-order valence-electron chi connectivity index (χ4n) is 1.09. The fourth-order valence-corrected chi connectivity index (χ4v) is 1.09. The van der Waals surface area contributed by atoms with E-state index >= 15 is 0 Å². The minimum atomic E-state index is -0.893. The lowest BCUT2D eigenvalue weighted by Gasteiger charge is -2.09. The van der Waals surface area contributed by atoms with E-state index in [9.17, 15) is 13.9 Å². The summed E-state index contributed by atoms with van der Waals surface area (Å²) in [5.41, 5.74) is 5.42. The number of rotatable bonds is 3. The molecule has 13 heavy (non-hydrogen) atoms. The van der Waals surface area contributed by atoms with Gasteiger partial charge in [0.25, 0.3) is 0 Å². The second-order valence-corrected chi connectivity index (χ2v) is 2.80. The summed E-state index contributed by atoms with van der Waals surface area (Å²) in [7, 11) is 0. The van der Waals surface area contributed by atoms with Gasteiger partial charge in [-0.3, -0.25) is 0 Å². The van der Waals surface area contributed by atoms with Crippen molar-refractivity contribution in [2.45, 2.75) is 12.5 Å². The Morgan fingerprint density at radius 2 is 1.77 bits per heavy atom. The lowest BCUT2D eigenvalue weighted by atomic mass is 10.1. The summed E-state index contributed by atoms with van der Waals surface area (Å²) in [6.07, 6.45) is -0.599. The van der Waals surface area contributed by atoms with Crippen molar-refractivity contribution in [2.24, 2.45) is 5.73 Å². The number of benzene rings is 1. The van der Waals surface area contributed by atoms with Crippen LogP contribution in [0.1, 0.15) is 18.1 Å². The number of aliphatic hydroxyl groups is 1. The third kappa shape index (κ3) is 2.75. The van der Waals surface area contributed by atoms with Crippen LogP contribution in [0, 0.1) is 11.6 Å². The third-order valence-electron chi connectivity index (χ3n) is 1.71. The number of hydrogen-bond acceptors (Lipinski definition) is 2. The fraction of sp³-hybridized carbons (Fsp3) is 0.333. The molecule has 1 rings (SSSR count). The molecule has 0 bridgehead atoms. The maximum Gasteiger partial charge on any atom is 0.126 e. The lowest BCUT2D eigenvalue weighted by Crippen LogP contribution is -2.07. The Bertz CT molecular complexity index is 271. The van der Waals surface area contributed by atoms with Crippen molar-refractivity contribution < 1.29 is 13.9 Å². The summed E-state index contributed by atoms with van der Waals surface area (Å²) >= 11 is 0. The van der Waals surface area contributed by atoms with Gasteiger partial charge >= 0.3 is 0 Å². The molecule has 3 N–H and O–H groups in total. The average Bonchev–Trinajstić information content (AvgIpc) is 2.03. The minimum absolute atomic E-state index is 0.225. The van der Waals surface area contributed by atoms with Crippen LogP contribution in [0.2, 0.25) is 0 Å². The maximum absolute atomic E-state index is 12.6. The van der Waals surface area contributed by atoms with Gasteiger partial charge < -0.3 is 10.8 Å². The first-order valence-corrected chi connectivity index (χ1v) is 3.97. The SMILES string of the molecule is NCCC(O)c1cc(F)cc(F)c1. The first-order chi connectivity index (χ1) is 6.13. The van der Waals surface area contributed by atoms with Crippen LogP contribution < -0.4 is 5.73 Å². The van der Waals surface area contributed by atoms with Gasteiger partial charge in [0.15, 0.2) is 0 Å². The van der Waals surface area contributed by atoms with Crippen molar-refractivity contribution in [2.75, 3.05) is 6.54 Å². The molecule has 72 valence electrons. The van der Waals surface area contributed by atoms with Crippen LogP contribution in [-0.2, 0) is 0 Å². The van der Waals surface area contributed by atoms with Crippen molar-refractivity contribution in [1.82, 2.24) is 0 Å². The van der Waals surface area contributed by atoms with Crippen molar-refractivity contribution in [1.29, 1.82) is 0 Å². The molecule has 0 fully saturated rings. The molecule has 0 spiro atoms. The van der Waals surface area contributed by atoms with E-state index in [1.54, 1.807) is 0 Å². The van der Waals surface area contributed by atoms with Crippen LogP contribution in [0.4, 0.5) is 8.78 Å². The van der Waals surface area contributed by atoms with E-state index in [1.165, 1.54) is 0 Å². The monoisotopic (exact) mass is 187 g/mol. The second-order valence-electron chi connectivity index (χ2n) is 2.80. The van der Waals surface area contributed by atoms with Gasteiger partial charge in [-0.15, -0.1) is 0 Å². The van der Waals surface area contributed by atoms with Gasteiger partial charge in [0.2, 0.25) is 0 Å². The van der Waals surface area contributed by atoms with E-state index in [2.05, 4.69) is 0 Å². The van der Waals surface area contributed by atoms with Crippen LogP contribution in [0.3, 0.4) is 0 Å². The summed E-state index contributed by atoms with van der Waals surface area (Å²) in [4.78, 5) is 0. The first kappa shape index (κ1) is 10.1. The number of aliphatic hydroxyl groups excluding tert-OH is 1. The Labute approximate surface area is 75.0 Å². The number of nitrogens with two attached hydrogens (primary N) is 1. The van der Waals surface area contributed by atoms with E-state index < -0.39 is 17.7 Å². The maximum atomic E-state index is 12.6. The smallest absolute Gasteiger partial charge is 0.126 e. The molecule has 1 unspecified atom stereocenters. The van der Waals surface area contributed by atoms with Crippen LogP contribution in [0.5, 0.6) is 0 Å². The average molecular weight is 187 g/mol. The van der Waals surface area contributed by atoms with Gasteiger partial charge in [0.05, 0.1) is 6.10 Å². The molecule has 4 heteroatoms. The zero-order valence-corrected chi connectivity index (χ0v) is 7.00. The van der Waals surface area contributed by atoms with Crippen LogP contribution in [0.25, 0.3) is 0 Å². The summed E-state index contributed by atoms with van der Waals surface area (Å²) in [6, 6.07) is 2.96. The molecule has 0 heterocycles. The standard InChI is InChI=1S/C9H11F2NO/c10-7-3-6(4-8(11)5-7)9(13)1-2-12/h3-5,9,13H,1-2,12H2. The summed E-state index contributed by atoms with van der Waals surface area (Å²) in [5.74, 6) is -1.38. The molecule has 0 saturated carbocycles. The van der Waals surface area contributed by atoms with Crippen molar-refractivity contribution in [3.05, 3.63) is 35.4 Å². The highest BCUT2D eigenvalue weighted by Crippen LogP contribution is 2.18. The molecule has 0 aliphatic rings. The number of halogens is 2. The molecule has 1 aromatic rings. The molecular weight excluding hydrogens is 176 g/mol. The van der Waals surface area contributed by atoms with E-state index in [1.807, 2.05) is 0 Å². The zero-order chi connectivity index (χ0) is 9.84. The molecule has 0 aliphatic carbocycles. The van der Waals surface area contributed by atoms with Crippen molar-refractivity contribution in [3.63, 3.8) is 0 Å². The predicted octanol–water partition coefficient (Wildman–Crippen LogP) is 1.35. The highest BCUT2D eigenvalue weighted by atomic mass is 19.1. The van der Waals surface area contributed by atoms with Crippen molar-refractivity contribution in [3.8, 4) is 0 Å². The second kappa shape index (κ2) is 4.30. The summed E-state index contributed by atoms with van der Waals surface area (Å²) < 4.78 is 25.3. The van der Waals surface area contributed by atoms with E-state index in [0.717, 1.165) is 18.2 Å². The first-order valence-electron chi connectivity index (χ1n) is 3.97. The molecule has 1 aromatic carbocycles. The van der Waals surface area contributed by atoms with Gasteiger partial charge in [-0.1, -0.05) is 0 Å². The predicted molar refractivity (Wildman–Crippen MR) is 45.0 cm³/mol. The third-order valence-corrected chi connectivity index (χ3v) is 1.71. The molecule has 2 nitrogen and oxygen atoms in total. The highest BCUT2D eigenvalue weighted by molar-refractivity contribution is 5.20. The highest BCUT2D eigenvalue weighted by Gasteiger charge is 2.08. The Kier molecular flexibility index (Phi) is 3.33. The van der Waals surface area contributed by atoms with E-state index in [-0.39, 0.29) is 12.1 Å². The molecular formula is C9H11F2NO. The van der Waals surface area contributed by atoms with Crippen molar-refractivity contribution >= 4 is 0 Å². The van der Waals surface area contributed by atoms with Gasteiger partial charge in [0, 0.05) is 6.07 Å².